The van der Waals surface area contributed by atoms with Crippen molar-refractivity contribution in [1.82, 2.24) is 14.8 Å². The molecule has 0 aromatic carbocycles. The van der Waals surface area contributed by atoms with E-state index >= 15 is 0 Å². The molecule has 1 spiro atoms. The van der Waals surface area contributed by atoms with Crippen LogP contribution in [0, 0.1) is 5.41 Å². The fourth-order valence-electron chi connectivity index (χ4n) is 4.10. The molecule has 5 nitrogen and oxygen atoms in total. The quantitative estimate of drug-likeness (QED) is 0.850. The van der Waals surface area contributed by atoms with Crippen LogP contribution < -0.4 is 4.90 Å². The molecule has 1 aromatic rings. The maximum absolute atomic E-state index is 13.0. The summed E-state index contributed by atoms with van der Waals surface area (Å²) in [6, 6.07) is 4.52. The Labute approximate surface area is 145 Å². The van der Waals surface area contributed by atoms with Crippen LogP contribution in [0.3, 0.4) is 0 Å². The van der Waals surface area contributed by atoms with E-state index in [1.165, 1.54) is 5.56 Å². The number of anilines is 1. The molecule has 3 heterocycles. The van der Waals surface area contributed by atoms with Crippen LogP contribution in [0.2, 0.25) is 0 Å². The largest absolute Gasteiger partial charge is 0.363 e. The number of aromatic nitrogens is 1. The molecule has 0 aliphatic carbocycles. The van der Waals surface area contributed by atoms with Crippen molar-refractivity contribution in [1.29, 1.82) is 0 Å². The molecule has 5 heteroatoms. The van der Waals surface area contributed by atoms with Gasteiger partial charge in [0.05, 0.1) is 5.41 Å². The molecule has 2 fully saturated rings. The lowest BCUT2D eigenvalue weighted by Gasteiger charge is -2.41. The van der Waals surface area contributed by atoms with Gasteiger partial charge < -0.3 is 9.80 Å². The minimum absolute atomic E-state index is 0.139. The third-order valence-electron chi connectivity index (χ3n) is 5.50. The normalized spacial score (nSPS) is 25.0. The summed E-state index contributed by atoms with van der Waals surface area (Å²) in [5.74, 6) is 1.36. The highest BCUT2D eigenvalue weighted by Crippen LogP contribution is 2.41. The van der Waals surface area contributed by atoms with Crippen LogP contribution in [0.25, 0.3) is 0 Å². The molecule has 1 atom stereocenters. The molecule has 2 aliphatic rings. The number of likely N-dealkylation sites (tertiary alicyclic amines) is 2. The van der Waals surface area contributed by atoms with Crippen LogP contribution in [0.5, 0.6) is 0 Å². The molecule has 132 valence electrons. The molecule has 2 aliphatic heterocycles. The zero-order chi connectivity index (χ0) is 17.3. The van der Waals surface area contributed by atoms with E-state index in [4.69, 9.17) is 0 Å². The molecule has 24 heavy (non-hydrogen) atoms. The zero-order valence-corrected chi connectivity index (χ0v) is 15.5. The molecule has 1 aromatic heterocycles. The predicted molar refractivity (Wildman–Crippen MR) is 97.0 cm³/mol. The summed E-state index contributed by atoms with van der Waals surface area (Å²) in [4.78, 5) is 24.0. The minimum Gasteiger partial charge on any atom is -0.363 e. The first-order valence-electron chi connectivity index (χ1n) is 9.07. The highest BCUT2D eigenvalue weighted by molar-refractivity contribution is 5.84. The summed E-state index contributed by atoms with van der Waals surface area (Å²) in [6.07, 6.45) is 5.14. The standard InChI is InChI=1S/C19H30N4O/c1-15(2)23-10-5-8-19(18(23)24)9-11-22(14-19)13-16-6-7-17(20-12-16)21(3)4/h6-7,12,15H,5,8-11,13-14H2,1-4H3. The first kappa shape index (κ1) is 17.2. The van der Waals surface area contributed by atoms with E-state index in [9.17, 15) is 4.79 Å². The number of nitrogens with zero attached hydrogens (tertiary/aromatic N) is 4. The van der Waals surface area contributed by atoms with E-state index < -0.39 is 0 Å². The smallest absolute Gasteiger partial charge is 0.230 e. The van der Waals surface area contributed by atoms with E-state index in [1.807, 2.05) is 25.2 Å². The van der Waals surface area contributed by atoms with Crippen LogP contribution in [-0.2, 0) is 11.3 Å². The second-order valence-corrected chi connectivity index (χ2v) is 7.86. The summed E-state index contributed by atoms with van der Waals surface area (Å²) in [5, 5.41) is 0. The number of carbonyl (C=O) groups is 1. The van der Waals surface area contributed by atoms with Gasteiger partial charge in [-0.05, 0) is 51.3 Å². The van der Waals surface area contributed by atoms with E-state index in [-0.39, 0.29) is 5.41 Å². The number of pyridine rings is 1. The van der Waals surface area contributed by atoms with Crippen molar-refractivity contribution >= 4 is 11.7 Å². The van der Waals surface area contributed by atoms with Gasteiger partial charge in [0, 0.05) is 46.0 Å². The van der Waals surface area contributed by atoms with Gasteiger partial charge >= 0.3 is 0 Å². The molecule has 0 bridgehead atoms. The van der Waals surface area contributed by atoms with E-state index in [2.05, 4.69) is 40.8 Å². The predicted octanol–water partition coefficient (Wildman–Crippen LogP) is 2.37. The van der Waals surface area contributed by atoms with Crippen LogP contribution in [0.15, 0.2) is 18.3 Å². The third-order valence-corrected chi connectivity index (χ3v) is 5.50. The monoisotopic (exact) mass is 330 g/mol. The van der Waals surface area contributed by atoms with Gasteiger partial charge in [0.15, 0.2) is 0 Å². The first-order chi connectivity index (χ1) is 11.4. The van der Waals surface area contributed by atoms with E-state index in [1.54, 1.807) is 0 Å². The summed E-state index contributed by atoms with van der Waals surface area (Å²) in [6.45, 7) is 7.96. The zero-order valence-electron chi connectivity index (χ0n) is 15.5. The maximum atomic E-state index is 13.0. The van der Waals surface area contributed by atoms with Crippen LogP contribution in [-0.4, -0.2) is 60.5 Å². The topological polar surface area (TPSA) is 39.7 Å². The molecular weight excluding hydrogens is 300 g/mol. The molecule has 3 rings (SSSR count). The Balaban J connectivity index is 1.65. The summed E-state index contributed by atoms with van der Waals surface area (Å²) in [7, 11) is 4.00. The van der Waals surface area contributed by atoms with Gasteiger partial charge in [0.1, 0.15) is 5.82 Å². The second kappa shape index (κ2) is 6.71. The minimum atomic E-state index is -0.139. The summed E-state index contributed by atoms with van der Waals surface area (Å²) in [5.41, 5.74) is 1.08. The molecule has 1 unspecified atom stereocenters. The van der Waals surface area contributed by atoms with Crippen molar-refractivity contribution in [2.24, 2.45) is 5.41 Å². The van der Waals surface area contributed by atoms with Crippen molar-refractivity contribution in [2.75, 3.05) is 38.6 Å². The van der Waals surface area contributed by atoms with Gasteiger partial charge in [-0.15, -0.1) is 0 Å². The number of amides is 1. The second-order valence-electron chi connectivity index (χ2n) is 7.86. The van der Waals surface area contributed by atoms with Crippen molar-refractivity contribution in [3.8, 4) is 0 Å². The number of hydrogen-bond acceptors (Lipinski definition) is 4. The Morgan fingerprint density at radius 1 is 1.25 bits per heavy atom. The highest BCUT2D eigenvalue weighted by Gasteiger charge is 2.48. The van der Waals surface area contributed by atoms with Crippen molar-refractivity contribution in [2.45, 2.75) is 45.7 Å². The van der Waals surface area contributed by atoms with Gasteiger partial charge in [-0.25, -0.2) is 4.98 Å². The van der Waals surface area contributed by atoms with Gasteiger partial charge in [0.2, 0.25) is 5.91 Å². The van der Waals surface area contributed by atoms with Gasteiger partial charge in [-0.1, -0.05) is 6.07 Å². The Bertz CT molecular complexity index is 584. The van der Waals surface area contributed by atoms with Gasteiger partial charge in [-0.3, -0.25) is 9.69 Å². The molecule has 2 saturated heterocycles. The van der Waals surface area contributed by atoms with Crippen LogP contribution in [0.4, 0.5) is 5.82 Å². The van der Waals surface area contributed by atoms with Crippen molar-refractivity contribution in [3.63, 3.8) is 0 Å². The number of carbonyl (C=O) groups excluding carboxylic acids is 1. The van der Waals surface area contributed by atoms with Gasteiger partial charge in [0.25, 0.3) is 0 Å². The molecular formula is C19H30N4O. The van der Waals surface area contributed by atoms with E-state index in [0.29, 0.717) is 11.9 Å². The van der Waals surface area contributed by atoms with Crippen molar-refractivity contribution < 1.29 is 4.79 Å². The first-order valence-corrected chi connectivity index (χ1v) is 9.07. The SMILES string of the molecule is CC(C)N1CCCC2(CCN(Cc3ccc(N(C)C)nc3)C2)C1=O. The van der Waals surface area contributed by atoms with Crippen LogP contribution >= 0.6 is 0 Å². The molecule has 0 saturated carbocycles. The fourth-order valence-corrected chi connectivity index (χ4v) is 4.10. The lowest BCUT2D eigenvalue weighted by Crippen LogP contribution is -2.52. The molecule has 1 amide bonds. The Kier molecular flexibility index (Phi) is 4.81. The number of hydrogen-bond donors (Lipinski definition) is 0. The Morgan fingerprint density at radius 2 is 2.04 bits per heavy atom. The van der Waals surface area contributed by atoms with Gasteiger partial charge in [-0.2, -0.15) is 0 Å². The van der Waals surface area contributed by atoms with Crippen LogP contribution in [0.1, 0.15) is 38.7 Å². The lowest BCUT2D eigenvalue weighted by atomic mass is 9.78. The molecule has 0 radical (unpaired) electrons. The Morgan fingerprint density at radius 3 is 2.67 bits per heavy atom. The Hall–Kier alpha value is -1.62. The summed E-state index contributed by atoms with van der Waals surface area (Å²) < 4.78 is 0. The van der Waals surface area contributed by atoms with E-state index in [0.717, 1.165) is 51.3 Å². The third kappa shape index (κ3) is 3.27. The van der Waals surface area contributed by atoms with Crippen molar-refractivity contribution in [3.05, 3.63) is 23.9 Å². The fraction of sp³-hybridized carbons (Fsp3) is 0.684. The number of rotatable bonds is 4. The summed E-state index contributed by atoms with van der Waals surface area (Å²) >= 11 is 0. The maximum Gasteiger partial charge on any atom is 0.230 e. The highest BCUT2D eigenvalue weighted by atomic mass is 16.2. The average Bonchev–Trinajstić information content (AvgIpc) is 2.94. The molecule has 0 N–H and O–H groups in total. The number of piperidine rings is 1. The average molecular weight is 330 g/mol. The lowest BCUT2D eigenvalue weighted by molar-refractivity contribution is -0.147.